The van der Waals surface area contributed by atoms with Gasteiger partial charge in [-0.3, -0.25) is 0 Å². The lowest BCUT2D eigenvalue weighted by Crippen LogP contribution is -2.18. The summed E-state index contributed by atoms with van der Waals surface area (Å²) in [6.07, 6.45) is 4.55. The van der Waals surface area contributed by atoms with Gasteiger partial charge in [0.25, 0.3) is 0 Å². The highest BCUT2D eigenvalue weighted by Gasteiger charge is 2.12. The summed E-state index contributed by atoms with van der Waals surface area (Å²) in [5.74, 6) is 0.936. The maximum Gasteiger partial charge on any atom is 0.125 e. The molecule has 0 bridgehead atoms. The van der Waals surface area contributed by atoms with E-state index >= 15 is 0 Å². The van der Waals surface area contributed by atoms with E-state index in [1.54, 1.807) is 6.20 Å². The first-order chi connectivity index (χ1) is 8.08. The minimum absolute atomic E-state index is 0.0458. The number of aryl methyl sites for hydroxylation is 3. The average Bonchev–Trinajstić information content (AvgIpc) is 2.70. The molecular formula is C14H19N3. The molecule has 0 saturated carbocycles. The molecule has 1 aromatic carbocycles. The predicted molar refractivity (Wildman–Crippen MR) is 69.8 cm³/mol. The van der Waals surface area contributed by atoms with Gasteiger partial charge < -0.3 is 10.3 Å². The van der Waals surface area contributed by atoms with Crippen LogP contribution in [-0.4, -0.2) is 9.55 Å². The highest BCUT2D eigenvalue weighted by molar-refractivity contribution is 5.31. The van der Waals surface area contributed by atoms with E-state index in [1.807, 2.05) is 17.8 Å². The van der Waals surface area contributed by atoms with E-state index in [1.165, 1.54) is 16.7 Å². The summed E-state index contributed by atoms with van der Waals surface area (Å²) >= 11 is 0. The topological polar surface area (TPSA) is 43.8 Å². The van der Waals surface area contributed by atoms with Crippen LogP contribution in [0, 0.1) is 13.8 Å². The number of rotatable bonds is 3. The van der Waals surface area contributed by atoms with Crippen LogP contribution in [-0.2, 0) is 13.5 Å². The third-order valence-corrected chi connectivity index (χ3v) is 3.13. The lowest BCUT2D eigenvalue weighted by Gasteiger charge is -2.14. The Hall–Kier alpha value is -1.61. The summed E-state index contributed by atoms with van der Waals surface area (Å²) in [6.45, 7) is 4.23. The van der Waals surface area contributed by atoms with Crippen molar-refractivity contribution in [3.63, 3.8) is 0 Å². The van der Waals surface area contributed by atoms with Gasteiger partial charge in [0, 0.05) is 19.4 Å². The molecule has 0 spiro atoms. The molecule has 2 rings (SSSR count). The van der Waals surface area contributed by atoms with Gasteiger partial charge in [-0.25, -0.2) is 4.98 Å². The summed E-state index contributed by atoms with van der Waals surface area (Å²) in [7, 11) is 1.98. The second kappa shape index (κ2) is 4.72. The molecule has 0 aliphatic carbocycles. The lowest BCUT2D eigenvalue weighted by atomic mass is 9.99. The van der Waals surface area contributed by atoms with Crippen molar-refractivity contribution in [1.82, 2.24) is 9.55 Å². The molecule has 0 saturated heterocycles. The Balaban J connectivity index is 2.21. The number of hydrogen-bond acceptors (Lipinski definition) is 2. The molecule has 2 N–H and O–H groups in total. The van der Waals surface area contributed by atoms with Gasteiger partial charge in [0.15, 0.2) is 0 Å². The zero-order valence-corrected chi connectivity index (χ0v) is 10.6. The summed E-state index contributed by atoms with van der Waals surface area (Å²) in [5, 5.41) is 0. The molecule has 3 nitrogen and oxygen atoms in total. The zero-order valence-electron chi connectivity index (χ0n) is 10.6. The van der Waals surface area contributed by atoms with Crippen molar-refractivity contribution in [3.8, 4) is 0 Å². The molecule has 0 aliphatic rings. The van der Waals surface area contributed by atoms with Gasteiger partial charge in [-0.15, -0.1) is 0 Å². The summed E-state index contributed by atoms with van der Waals surface area (Å²) in [5.41, 5.74) is 10.1. The maximum atomic E-state index is 6.21. The summed E-state index contributed by atoms with van der Waals surface area (Å²) in [4.78, 5) is 4.30. The molecule has 0 fully saturated rings. The van der Waals surface area contributed by atoms with Gasteiger partial charge in [0.05, 0.1) is 6.04 Å². The van der Waals surface area contributed by atoms with Crippen molar-refractivity contribution in [1.29, 1.82) is 0 Å². The number of hydrogen-bond donors (Lipinski definition) is 1. The fourth-order valence-corrected chi connectivity index (χ4v) is 2.08. The van der Waals surface area contributed by atoms with Crippen molar-refractivity contribution in [2.45, 2.75) is 26.3 Å². The molecule has 1 atom stereocenters. The zero-order chi connectivity index (χ0) is 12.4. The first kappa shape index (κ1) is 11.9. The highest BCUT2D eigenvalue weighted by Crippen LogP contribution is 2.18. The van der Waals surface area contributed by atoms with E-state index in [0.29, 0.717) is 0 Å². The lowest BCUT2D eigenvalue weighted by molar-refractivity contribution is 0.630. The maximum absolute atomic E-state index is 6.21. The van der Waals surface area contributed by atoms with Crippen molar-refractivity contribution in [3.05, 3.63) is 53.1 Å². The third-order valence-electron chi connectivity index (χ3n) is 3.13. The smallest absolute Gasteiger partial charge is 0.125 e. The van der Waals surface area contributed by atoms with E-state index in [2.05, 4.69) is 37.0 Å². The Morgan fingerprint density at radius 1 is 1.35 bits per heavy atom. The Bertz CT molecular complexity index is 514. The van der Waals surface area contributed by atoms with Crippen LogP contribution in [0.4, 0.5) is 0 Å². The summed E-state index contributed by atoms with van der Waals surface area (Å²) < 4.78 is 1.98. The average molecular weight is 229 g/mol. The molecule has 3 heteroatoms. The van der Waals surface area contributed by atoms with Crippen LogP contribution >= 0.6 is 0 Å². The van der Waals surface area contributed by atoms with Gasteiger partial charge >= 0.3 is 0 Å². The van der Waals surface area contributed by atoms with Crippen molar-refractivity contribution in [2.24, 2.45) is 12.8 Å². The second-order valence-electron chi connectivity index (χ2n) is 4.64. The monoisotopic (exact) mass is 229 g/mol. The Morgan fingerprint density at radius 2 is 2.12 bits per heavy atom. The van der Waals surface area contributed by atoms with E-state index in [4.69, 9.17) is 5.73 Å². The highest BCUT2D eigenvalue weighted by atomic mass is 15.1. The number of nitrogens with zero attached hydrogens (tertiary/aromatic N) is 2. The molecule has 0 aliphatic heterocycles. The Labute approximate surface area is 102 Å². The molecule has 17 heavy (non-hydrogen) atoms. The van der Waals surface area contributed by atoms with Crippen LogP contribution in [0.5, 0.6) is 0 Å². The van der Waals surface area contributed by atoms with Crippen LogP contribution in [0.25, 0.3) is 0 Å². The van der Waals surface area contributed by atoms with Crippen molar-refractivity contribution >= 4 is 0 Å². The fourth-order valence-electron chi connectivity index (χ4n) is 2.08. The first-order valence-electron chi connectivity index (χ1n) is 5.87. The van der Waals surface area contributed by atoms with Crippen LogP contribution in [0.1, 0.15) is 28.6 Å². The standard InChI is InChI=1S/C14H19N3/c1-10-4-5-11(2)12(8-10)9-13(15)14-16-6-7-17(14)3/h4-8,13H,9,15H2,1-3H3. The van der Waals surface area contributed by atoms with Crippen LogP contribution in [0.3, 0.4) is 0 Å². The SMILES string of the molecule is Cc1ccc(C)c(CC(N)c2nccn2C)c1. The van der Waals surface area contributed by atoms with Crippen LogP contribution in [0.2, 0.25) is 0 Å². The quantitative estimate of drug-likeness (QED) is 0.877. The molecule has 1 heterocycles. The van der Waals surface area contributed by atoms with Crippen molar-refractivity contribution in [2.75, 3.05) is 0 Å². The van der Waals surface area contributed by atoms with E-state index in [-0.39, 0.29) is 6.04 Å². The number of imidazole rings is 1. The van der Waals surface area contributed by atoms with Gasteiger partial charge in [-0.05, 0) is 31.4 Å². The van der Waals surface area contributed by atoms with E-state index in [0.717, 1.165) is 12.2 Å². The molecule has 2 aromatic rings. The predicted octanol–water partition coefficient (Wildman–Crippen LogP) is 2.28. The Kier molecular flexibility index (Phi) is 3.29. The molecule has 1 unspecified atom stereocenters. The fraction of sp³-hybridized carbons (Fsp3) is 0.357. The molecular weight excluding hydrogens is 210 g/mol. The van der Waals surface area contributed by atoms with Crippen LogP contribution < -0.4 is 5.73 Å². The summed E-state index contributed by atoms with van der Waals surface area (Å²) in [6, 6.07) is 6.44. The van der Waals surface area contributed by atoms with Gasteiger partial charge in [-0.1, -0.05) is 23.8 Å². The van der Waals surface area contributed by atoms with Gasteiger partial charge in [0.2, 0.25) is 0 Å². The first-order valence-corrected chi connectivity index (χ1v) is 5.87. The molecule has 90 valence electrons. The largest absolute Gasteiger partial charge is 0.337 e. The van der Waals surface area contributed by atoms with Crippen molar-refractivity contribution < 1.29 is 0 Å². The Morgan fingerprint density at radius 3 is 2.76 bits per heavy atom. The molecule has 0 amide bonds. The second-order valence-corrected chi connectivity index (χ2v) is 4.64. The number of aromatic nitrogens is 2. The number of nitrogens with two attached hydrogens (primary N) is 1. The third kappa shape index (κ3) is 2.56. The van der Waals surface area contributed by atoms with Crippen LogP contribution in [0.15, 0.2) is 30.6 Å². The normalized spacial score (nSPS) is 12.7. The van der Waals surface area contributed by atoms with E-state index < -0.39 is 0 Å². The minimum Gasteiger partial charge on any atom is -0.337 e. The molecule has 1 aromatic heterocycles. The van der Waals surface area contributed by atoms with Gasteiger partial charge in [0.1, 0.15) is 5.82 Å². The number of benzene rings is 1. The van der Waals surface area contributed by atoms with E-state index in [9.17, 15) is 0 Å². The molecule has 0 radical (unpaired) electrons. The minimum atomic E-state index is -0.0458. The van der Waals surface area contributed by atoms with Gasteiger partial charge in [-0.2, -0.15) is 0 Å².